The molecule has 0 bridgehead atoms. The molecule has 5 rings (SSSR count). The maximum Gasteiger partial charge on any atom is 0.490 e. The van der Waals surface area contributed by atoms with E-state index < -0.39 is 24.9 Å². The number of carbonyl (C=O) groups is 2. The number of rotatable bonds is 9. The number of alkyl halides is 3. The van der Waals surface area contributed by atoms with Crippen LogP contribution < -0.4 is 9.64 Å². The van der Waals surface area contributed by atoms with Crippen molar-refractivity contribution in [1.82, 2.24) is 19.5 Å². The number of ether oxygens (including phenoxy) is 3. The summed E-state index contributed by atoms with van der Waals surface area (Å²) in [5, 5.41) is 13.8. The number of carbonyl (C=O) groups excluding carboxylic acids is 2. The third-order valence-corrected chi connectivity index (χ3v) is 7.06. The van der Waals surface area contributed by atoms with Crippen molar-refractivity contribution in [2.75, 3.05) is 51.4 Å². The van der Waals surface area contributed by atoms with E-state index in [1.807, 2.05) is 42.5 Å². The molecule has 0 unspecified atom stereocenters. The molecule has 0 saturated carbocycles. The highest BCUT2D eigenvalue weighted by molar-refractivity contribution is 5.85. The van der Waals surface area contributed by atoms with Gasteiger partial charge in [-0.25, -0.2) is 14.3 Å². The number of esters is 1. The fraction of sp³-hybridized carbons (Fsp3) is 0.300. The summed E-state index contributed by atoms with van der Waals surface area (Å²) in [4.78, 5) is 32.5. The van der Waals surface area contributed by atoms with Crippen molar-refractivity contribution in [3.63, 3.8) is 0 Å². The Labute approximate surface area is 250 Å². The second-order valence-corrected chi connectivity index (χ2v) is 9.78. The summed E-state index contributed by atoms with van der Waals surface area (Å²) in [5.74, 6) is -1.46. The minimum absolute atomic E-state index is 0.0969. The Morgan fingerprint density at radius 1 is 1.05 bits per heavy atom. The quantitative estimate of drug-likeness (QED) is 0.206. The number of piperazine rings is 1. The third kappa shape index (κ3) is 6.57. The summed E-state index contributed by atoms with van der Waals surface area (Å²) in [7, 11) is 1.52. The van der Waals surface area contributed by atoms with E-state index in [2.05, 4.69) is 25.8 Å². The molecule has 3 aromatic heterocycles. The number of hydrogen-bond donors (Lipinski definition) is 0. The van der Waals surface area contributed by atoms with Gasteiger partial charge in [0.05, 0.1) is 23.5 Å². The standard InChI is InChI=1S/C30H27F3N6O5/c1-42-27(20-5-3-2-4-6-20)28(40)38-11-9-37(10-12-38)25-8-7-21(17-35-25)24-15-23(19-39-26(24)22(16-34)18-36-39)43-13-14-44-29(41)30(31,32)33/h2-8,15,17-19,27H,9-14H2,1H3/t27-/m1/s1. The first-order chi connectivity index (χ1) is 21.2. The lowest BCUT2D eigenvalue weighted by Gasteiger charge is -2.36. The van der Waals surface area contributed by atoms with Gasteiger partial charge in [-0.15, -0.1) is 0 Å². The molecular formula is C30H27F3N6O5. The third-order valence-electron chi connectivity index (χ3n) is 7.06. The molecular weight excluding hydrogens is 581 g/mol. The summed E-state index contributed by atoms with van der Waals surface area (Å²) in [6.45, 7) is 1.18. The molecule has 1 aliphatic heterocycles. The van der Waals surface area contributed by atoms with Gasteiger partial charge < -0.3 is 24.0 Å². The van der Waals surface area contributed by atoms with E-state index in [-0.39, 0.29) is 18.3 Å². The zero-order chi connectivity index (χ0) is 31.3. The Hall–Kier alpha value is -5.16. The van der Waals surface area contributed by atoms with Crippen LogP contribution in [0.1, 0.15) is 17.2 Å². The molecule has 14 heteroatoms. The van der Waals surface area contributed by atoms with Crippen LogP contribution in [0.25, 0.3) is 16.6 Å². The van der Waals surface area contributed by atoms with Crippen molar-refractivity contribution in [2.24, 2.45) is 0 Å². The molecule has 4 aromatic rings. The molecule has 228 valence electrons. The van der Waals surface area contributed by atoms with Gasteiger partial charge in [0.15, 0.2) is 6.10 Å². The van der Waals surface area contributed by atoms with Crippen LogP contribution in [0.4, 0.5) is 19.0 Å². The number of fused-ring (bicyclic) bond motifs is 1. The maximum atomic E-state index is 13.2. The maximum absolute atomic E-state index is 13.2. The Kier molecular flexibility index (Phi) is 8.96. The zero-order valence-corrected chi connectivity index (χ0v) is 23.5. The normalized spacial score (nSPS) is 14.2. The number of pyridine rings is 2. The van der Waals surface area contributed by atoms with Crippen LogP contribution in [0.3, 0.4) is 0 Å². The Morgan fingerprint density at radius 3 is 2.43 bits per heavy atom. The number of hydrogen-bond acceptors (Lipinski definition) is 9. The summed E-state index contributed by atoms with van der Waals surface area (Å²) in [5.41, 5.74) is 2.80. The molecule has 1 saturated heterocycles. The average Bonchev–Trinajstić information content (AvgIpc) is 3.46. The lowest BCUT2D eigenvalue weighted by Crippen LogP contribution is -2.50. The zero-order valence-electron chi connectivity index (χ0n) is 23.5. The van der Waals surface area contributed by atoms with Crippen molar-refractivity contribution < 1.29 is 37.0 Å². The van der Waals surface area contributed by atoms with E-state index in [9.17, 15) is 28.0 Å². The van der Waals surface area contributed by atoms with Gasteiger partial charge in [0.2, 0.25) is 0 Å². The molecule has 1 atom stereocenters. The highest BCUT2D eigenvalue weighted by atomic mass is 19.4. The summed E-state index contributed by atoms with van der Waals surface area (Å²) >= 11 is 0. The van der Waals surface area contributed by atoms with Gasteiger partial charge in [0.25, 0.3) is 5.91 Å². The van der Waals surface area contributed by atoms with E-state index in [0.29, 0.717) is 54.2 Å². The molecule has 1 fully saturated rings. The van der Waals surface area contributed by atoms with Crippen molar-refractivity contribution in [2.45, 2.75) is 12.3 Å². The molecule has 1 amide bonds. The highest BCUT2D eigenvalue weighted by Crippen LogP contribution is 2.31. The molecule has 4 heterocycles. The van der Waals surface area contributed by atoms with Gasteiger partial charge in [-0.1, -0.05) is 30.3 Å². The minimum Gasteiger partial charge on any atom is -0.488 e. The topological polar surface area (TPSA) is 122 Å². The van der Waals surface area contributed by atoms with Crippen LogP contribution >= 0.6 is 0 Å². The number of nitriles is 1. The minimum atomic E-state index is -5.09. The fourth-order valence-electron chi connectivity index (χ4n) is 4.92. The Balaban J connectivity index is 1.27. The number of methoxy groups -OCH3 is 1. The Morgan fingerprint density at radius 2 is 1.80 bits per heavy atom. The lowest BCUT2D eigenvalue weighted by molar-refractivity contribution is -0.200. The monoisotopic (exact) mass is 608 g/mol. The van der Waals surface area contributed by atoms with Gasteiger partial charge in [-0.3, -0.25) is 4.79 Å². The van der Waals surface area contributed by atoms with E-state index in [1.54, 1.807) is 17.2 Å². The fourth-order valence-corrected chi connectivity index (χ4v) is 4.92. The first-order valence-corrected chi connectivity index (χ1v) is 13.6. The largest absolute Gasteiger partial charge is 0.490 e. The molecule has 0 aliphatic carbocycles. The summed E-state index contributed by atoms with van der Waals surface area (Å²) < 4.78 is 53.7. The van der Waals surface area contributed by atoms with Crippen LogP contribution in [0, 0.1) is 11.3 Å². The van der Waals surface area contributed by atoms with E-state index >= 15 is 0 Å². The smallest absolute Gasteiger partial charge is 0.488 e. The van der Waals surface area contributed by atoms with Crippen LogP contribution in [0.15, 0.2) is 67.1 Å². The second kappa shape index (κ2) is 13.0. The van der Waals surface area contributed by atoms with E-state index in [0.717, 1.165) is 5.56 Å². The van der Waals surface area contributed by atoms with E-state index in [4.69, 9.17) is 9.47 Å². The van der Waals surface area contributed by atoms with Crippen LogP contribution in [-0.2, 0) is 19.1 Å². The highest BCUT2D eigenvalue weighted by Gasteiger charge is 2.40. The first kappa shape index (κ1) is 30.3. The number of amides is 1. The molecule has 1 aliphatic rings. The van der Waals surface area contributed by atoms with Gasteiger partial charge in [0, 0.05) is 50.6 Å². The molecule has 0 radical (unpaired) electrons. The number of halogens is 3. The Bertz CT molecular complexity index is 1660. The van der Waals surface area contributed by atoms with Gasteiger partial charge in [-0.2, -0.15) is 23.5 Å². The lowest BCUT2D eigenvalue weighted by atomic mass is 10.1. The van der Waals surface area contributed by atoms with Crippen LogP contribution in [-0.4, -0.2) is 84.1 Å². The summed E-state index contributed by atoms with van der Waals surface area (Å²) in [6.07, 6.45) is -1.26. The predicted octanol–water partition coefficient (Wildman–Crippen LogP) is 3.79. The van der Waals surface area contributed by atoms with Crippen molar-refractivity contribution in [3.05, 3.63) is 78.2 Å². The van der Waals surface area contributed by atoms with Gasteiger partial charge >= 0.3 is 12.1 Å². The number of nitrogens with zero attached hydrogens (tertiary/aromatic N) is 6. The molecule has 0 spiro atoms. The average molecular weight is 609 g/mol. The number of aromatic nitrogens is 3. The number of benzene rings is 1. The van der Waals surface area contributed by atoms with Crippen molar-refractivity contribution in [1.29, 1.82) is 5.26 Å². The molecule has 0 N–H and O–H groups in total. The molecule has 44 heavy (non-hydrogen) atoms. The van der Waals surface area contributed by atoms with Gasteiger partial charge in [0.1, 0.15) is 30.9 Å². The van der Waals surface area contributed by atoms with Crippen LogP contribution in [0.2, 0.25) is 0 Å². The van der Waals surface area contributed by atoms with Crippen molar-refractivity contribution in [3.8, 4) is 22.9 Å². The second-order valence-electron chi connectivity index (χ2n) is 9.78. The predicted molar refractivity (Wildman–Crippen MR) is 151 cm³/mol. The van der Waals surface area contributed by atoms with E-state index in [1.165, 1.54) is 24.0 Å². The van der Waals surface area contributed by atoms with Crippen LogP contribution in [0.5, 0.6) is 5.75 Å². The molecule has 11 nitrogen and oxygen atoms in total. The first-order valence-electron chi connectivity index (χ1n) is 13.6. The van der Waals surface area contributed by atoms with Gasteiger partial charge in [-0.05, 0) is 23.8 Å². The molecule has 1 aromatic carbocycles. The summed E-state index contributed by atoms with van der Waals surface area (Å²) in [6, 6.07) is 16.7. The number of anilines is 1. The SMILES string of the molecule is CO[C@@H](C(=O)N1CCN(c2ccc(-c3cc(OCCOC(=O)C(F)(F)F)cn4ncc(C#N)c34)cn2)CC1)c1ccccc1. The van der Waals surface area contributed by atoms with Crippen molar-refractivity contribution >= 4 is 23.2 Å².